The number of rotatable bonds is 7. The van der Waals surface area contributed by atoms with Gasteiger partial charge in [0, 0.05) is 11.8 Å². The van der Waals surface area contributed by atoms with Crippen molar-refractivity contribution in [2.75, 3.05) is 0 Å². The molecule has 0 saturated heterocycles. The Morgan fingerprint density at radius 2 is 1.76 bits per heavy atom. The van der Waals surface area contributed by atoms with Gasteiger partial charge >= 0.3 is 5.97 Å². The van der Waals surface area contributed by atoms with Crippen molar-refractivity contribution in [1.82, 2.24) is 10.3 Å². The lowest BCUT2D eigenvalue weighted by Gasteiger charge is -2.18. The summed E-state index contributed by atoms with van der Waals surface area (Å²) in [5, 5.41) is 11.7. The van der Waals surface area contributed by atoms with Gasteiger partial charge in [0.2, 0.25) is 0 Å². The fourth-order valence-electron chi connectivity index (χ4n) is 2.40. The second kappa shape index (κ2) is 8.19. The van der Waals surface area contributed by atoms with Crippen LogP contribution in [-0.2, 0) is 11.2 Å². The number of carbonyl (C=O) groups is 3. The van der Waals surface area contributed by atoms with E-state index >= 15 is 0 Å². The van der Waals surface area contributed by atoms with E-state index in [1.165, 1.54) is 12.3 Å². The molecule has 0 aliphatic rings. The van der Waals surface area contributed by atoms with Crippen molar-refractivity contribution < 1.29 is 19.5 Å². The first-order valence-corrected chi connectivity index (χ1v) is 7.96. The fourth-order valence-corrected chi connectivity index (χ4v) is 2.40. The lowest BCUT2D eigenvalue weighted by molar-refractivity contribution is -0.140. The molecule has 1 aromatic heterocycles. The smallest absolute Gasteiger partial charge is 0.326 e. The van der Waals surface area contributed by atoms with E-state index in [9.17, 15) is 19.5 Å². The van der Waals surface area contributed by atoms with Gasteiger partial charge in [-0.25, -0.2) is 4.79 Å². The average Bonchev–Trinajstić information content (AvgIpc) is 2.60. The van der Waals surface area contributed by atoms with Crippen LogP contribution in [0.4, 0.5) is 0 Å². The summed E-state index contributed by atoms with van der Waals surface area (Å²) in [5.74, 6) is -2.08. The number of aliphatic carboxylic acids is 1. The molecule has 2 N–H and O–H groups in total. The Morgan fingerprint density at radius 3 is 2.36 bits per heavy atom. The molecule has 1 aromatic carbocycles. The largest absolute Gasteiger partial charge is 0.480 e. The first-order valence-electron chi connectivity index (χ1n) is 7.96. The molecule has 6 nitrogen and oxygen atoms in total. The molecule has 0 aliphatic carbocycles. The van der Waals surface area contributed by atoms with Crippen molar-refractivity contribution in [2.45, 2.75) is 26.3 Å². The highest BCUT2D eigenvalue weighted by atomic mass is 16.4. The molecule has 0 aliphatic heterocycles. The molecule has 0 saturated carbocycles. The standard InChI is InChI=1S/C19H20N2O4/c1-12(2)17(19(24)25)21-18(23)14-9-6-10-20-15(14)11-16(22)13-7-4-3-5-8-13/h3-10,12,17H,11H2,1-2H3,(H,21,23)(H,24,25)/t17-/m1/s1. The Bertz CT molecular complexity index is 772. The van der Waals surface area contributed by atoms with E-state index in [4.69, 9.17) is 0 Å². The Kier molecular flexibility index (Phi) is 6.00. The van der Waals surface area contributed by atoms with Crippen LogP contribution in [0, 0.1) is 5.92 Å². The Morgan fingerprint density at radius 1 is 1.08 bits per heavy atom. The zero-order valence-corrected chi connectivity index (χ0v) is 14.1. The SMILES string of the molecule is CC(C)[C@@H](NC(=O)c1cccnc1CC(=O)c1ccccc1)C(=O)O. The molecule has 6 heteroatoms. The lowest BCUT2D eigenvalue weighted by atomic mass is 10.0. The molecule has 0 fully saturated rings. The Hall–Kier alpha value is -3.02. The fraction of sp³-hybridized carbons (Fsp3) is 0.263. The molecule has 1 amide bonds. The van der Waals surface area contributed by atoms with E-state index in [-0.39, 0.29) is 23.7 Å². The molecular formula is C19H20N2O4. The maximum Gasteiger partial charge on any atom is 0.326 e. The van der Waals surface area contributed by atoms with Crippen LogP contribution >= 0.6 is 0 Å². The van der Waals surface area contributed by atoms with Crippen LogP contribution in [0.15, 0.2) is 48.7 Å². The van der Waals surface area contributed by atoms with Gasteiger partial charge in [0.05, 0.1) is 17.7 Å². The third-order valence-electron chi connectivity index (χ3n) is 3.78. The van der Waals surface area contributed by atoms with E-state index in [0.29, 0.717) is 11.3 Å². The third kappa shape index (κ3) is 4.73. The minimum atomic E-state index is -1.10. The number of ketones is 1. The molecule has 1 atom stereocenters. The Labute approximate surface area is 145 Å². The quantitative estimate of drug-likeness (QED) is 0.754. The molecule has 2 rings (SSSR count). The third-order valence-corrected chi connectivity index (χ3v) is 3.78. The molecule has 25 heavy (non-hydrogen) atoms. The number of hydrogen-bond acceptors (Lipinski definition) is 4. The van der Waals surface area contributed by atoms with Gasteiger partial charge in [-0.2, -0.15) is 0 Å². The van der Waals surface area contributed by atoms with Gasteiger partial charge in [-0.1, -0.05) is 44.2 Å². The van der Waals surface area contributed by atoms with E-state index in [2.05, 4.69) is 10.3 Å². The number of nitrogens with zero attached hydrogens (tertiary/aromatic N) is 1. The molecule has 0 spiro atoms. The minimum absolute atomic E-state index is 0.0347. The number of hydrogen-bond donors (Lipinski definition) is 2. The van der Waals surface area contributed by atoms with E-state index in [1.807, 2.05) is 6.07 Å². The van der Waals surface area contributed by atoms with Crippen molar-refractivity contribution in [1.29, 1.82) is 0 Å². The van der Waals surface area contributed by atoms with E-state index < -0.39 is 17.9 Å². The predicted octanol–water partition coefficient (Wildman–Crippen LogP) is 2.35. The van der Waals surface area contributed by atoms with E-state index in [1.54, 1.807) is 44.2 Å². The number of Topliss-reactive ketones (excluding diaryl/α,β-unsaturated/α-hetero) is 1. The monoisotopic (exact) mass is 340 g/mol. The van der Waals surface area contributed by atoms with Crippen LogP contribution < -0.4 is 5.32 Å². The van der Waals surface area contributed by atoms with Gasteiger partial charge in [0.15, 0.2) is 5.78 Å². The summed E-state index contributed by atoms with van der Waals surface area (Å²) in [5.41, 5.74) is 1.06. The van der Waals surface area contributed by atoms with Gasteiger partial charge in [0.25, 0.3) is 5.91 Å². The highest BCUT2D eigenvalue weighted by Gasteiger charge is 2.25. The highest BCUT2D eigenvalue weighted by molar-refractivity contribution is 6.01. The number of carbonyl (C=O) groups excluding carboxylic acids is 2. The normalized spacial score (nSPS) is 11.8. The highest BCUT2D eigenvalue weighted by Crippen LogP contribution is 2.12. The molecular weight excluding hydrogens is 320 g/mol. The van der Waals surface area contributed by atoms with Crippen molar-refractivity contribution >= 4 is 17.7 Å². The maximum absolute atomic E-state index is 12.5. The summed E-state index contributed by atoms with van der Waals surface area (Å²) in [6, 6.07) is 10.8. The first kappa shape index (κ1) is 18.3. The second-order valence-corrected chi connectivity index (χ2v) is 6.00. The summed E-state index contributed by atoms with van der Waals surface area (Å²) in [6.07, 6.45) is 1.47. The number of nitrogens with one attached hydrogen (secondary N) is 1. The zero-order chi connectivity index (χ0) is 18.4. The number of aromatic nitrogens is 1. The van der Waals surface area contributed by atoms with Crippen LogP contribution in [0.5, 0.6) is 0 Å². The van der Waals surface area contributed by atoms with Crippen LogP contribution in [0.25, 0.3) is 0 Å². The maximum atomic E-state index is 12.5. The predicted molar refractivity (Wildman–Crippen MR) is 92.4 cm³/mol. The Balaban J connectivity index is 2.21. The van der Waals surface area contributed by atoms with Gasteiger partial charge in [-0.15, -0.1) is 0 Å². The van der Waals surface area contributed by atoms with Crippen molar-refractivity contribution in [2.24, 2.45) is 5.92 Å². The van der Waals surface area contributed by atoms with Crippen molar-refractivity contribution in [3.63, 3.8) is 0 Å². The number of benzene rings is 1. The van der Waals surface area contributed by atoms with Crippen LogP contribution in [0.2, 0.25) is 0 Å². The van der Waals surface area contributed by atoms with Gasteiger partial charge in [-0.05, 0) is 18.1 Å². The van der Waals surface area contributed by atoms with Gasteiger partial charge < -0.3 is 10.4 Å². The summed E-state index contributed by atoms with van der Waals surface area (Å²) in [7, 11) is 0. The number of pyridine rings is 1. The summed E-state index contributed by atoms with van der Waals surface area (Å²) < 4.78 is 0. The number of amides is 1. The first-order chi connectivity index (χ1) is 11.9. The molecule has 0 bridgehead atoms. The molecule has 2 aromatic rings. The zero-order valence-electron chi connectivity index (χ0n) is 14.1. The average molecular weight is 340 g/mol. The number of carboxylic acids is 1. The summed E-state index contributed by atoms with van der Waals surface area (Å²) in [6.45, 7) is 3.42. The van der Waals surface area contributed by atoms with Gasteiger partial charge in [0.1, 0.15) is 6.04 Å². The topological polar surface area (TPSA) is 96.4 Å². The van der Waals surface area contributed by atoms with Crippen LogP contribution in [0.3, 0.4) is 0 Å². The molecule has 130 valence electrons. The summed E-state index contributed by atoms with van der Waals surface area (Å²) in [4.78, 5) is 40.2. The van der Waals surface area contributed by atoms with Crippen molar-refractivity contribution in [3.05, 3.63) is 65.5 Å². The molecule has 0 radical (unpaired) electrons. The van der Waals surface area contributed by atoms with Crippen LogP contribution in [-0.4, -0.2) is 33.8 Å². The van der Waals surface area contributed by atoms with Gasteiger partial charge in [-0.3, -0.25) is 14.6 Å². The number of carboxylic acid groups (broad SMARTS) is 1. The second-order valence-electron chi connectivity index (χ2n) is 6.00. The van der Waals surface area contributed by atoms with E-state index in [0.717, 1.165) is 0 Å². The van der Waals surface area contributed by atoms with Crippen LogP contribution in [0.1, 0.15) is 40.3 Å². The minimum Gasteiger partial charge on any atom is -0.480 e. The lowest BCUT2D eigenvalue weighted by Crippen LogP contribution is -2.44. The molecule has 1 heterocycles. The van der Waals surface area contributed by atoms with Crippen molar-refractivity contribution in [3.8, 4) is 0 Å². The molecule has 0 unspecified atom stereocenters. The summed E-state index contributed by atoms with van der Waals surface area (Å²) >= 11 is 0.